The Morgan fingerprint density at radius 3 is 2.04 bits per heavy atom. The van der Waals surface area contributed by atoms with Gasteiger partial charge in [0.05, 0.1) is 0 Å². The minimum Gasteiger partial charge on any atom is -0.355 e. The number of hydrogen-bond acceptors (Lipinski definition) is 5. The molecule has 1 aromatic rings. The molecule has 2 rings (SSSR count). The molecule has 0 radical (unpaired) electrons. The first-order chi connectivity index (χ1) is 11.6. The van der Waals surface area contributed by atoms with E-state index in [1.807, 2.05) is 6.07 Å². The second-order valence-electron chi connectivity index (χ2n) is 6.06. The summed E-state index contributed by atoms with van der Waals surface area (Å²) in [4.78, 5) is 29.5. The van der Waals surface area contributed by atoms with E-state index < -0.39 is 0 Å². The van der Waals surface area contributed by atoms with Crippen LogP contribution in [0.15, 0.2) is 12.1 Å². The highest BCUT2D eigenvalue weighted by molar-refractivity contribution is 5.92. The number of nitrogens with zero attached hydrogens (tertiary/aromatic N) is 5. The van der Waals surface area contributed by atoms with E-state index in [-0.39, 0.29) is 11.8 Å². The minimum absolute atomic E-state index is 0.0539. The Balaban J connectivity index is 1.99. The Labute approximate surface area is 143 Å². The standard InChI is InChI=1S/C17H27N5O2/c1-4-8-21(9-5-2)16-7-6-15(18-19-16)17(24)22-12-10-20(11-13-22)14(3)23/h6-7H,4-5,8-13H2,1-3H3. The molecular weight excluding hydrogens is 306 g/mol. The van der Waals surface area contributed by atoms with Crippen molar-refractivity contribution in [2.45, 2.75) is 33.6 Å². The fourth-order valence-corrected chi connectivity index (χ4v) is 2.88. The van der Waals surface area contributed by atoms with Crippen molar-refractivity contribution in [3.05, 3.63) is 17.8 Å². The first kappa shape index (κ1) is 18.2. The lowest BCUT2D eigenvalue weighted by Crippen LogP contribution is -2.50. The summed E-state index contributed by atoms with van der Waals surface area (Å²) in [6, 6.07) is 3.62. The second-order valence-corrected chi connectivity index (χ2v) is 6.06. The molecule has 0 aromatic carbocycles. The van der Waals surface area contributed by atoms with Gasteiger partial charge in [-0.05, 0) is 25.0 Å². The predicted octanol–water partition coefficient (Wildman–Crippen LogP) is 1.41. The molecule has 1 saturated heterocycles. The average molecular weight is 333 g/mol. The minimum atomic E-state index is -0.116. The monoisotopic (exact) mass is 333 g/mol. The van der Waals surface area contributed by atoms with Gasteiger partial charge in [0, 0.05) is 46.2 Å². The molecule has 1 aliphatic rings. The van der Waals surface area contributed by atoms with Gasteiger partial charge in [-0.1, -0.05) is 13.8 Å². The molecule has 2 amide bonds. The van der Waals surface area contributed by atoms with E-state index in [4.69, 9.17) is 0 Å². The molecule has 24 heavy (non-hydrogen) atoms. The first-order valence-corrected chi connectivity index (χ1v) is 8.70. The van der Waals surface area contributed by atoms with Gasteiger partial charge in [-0.3, -0.25) is 9.59 Å². The highest BCUT2D eigenvalue weighted by Gasteiger charge is 2.24. The van der Waals surface area contributed by atoms with Crippen molar-refractivity contribution in [3.63, 3.8) is 0 Å². The van der Waals surface area contributed by atoms with Crippen LogP contribution in [-0.2, 0) is 4.79 Å². The number of piperazine rings is 1. The molecule has 0 unspecified atom stereocenters. The van der Waals surface area contributed by atoms with Crippen LogP contribution in [0.4, 0.5) is 5.82 Å². The number of rotatable bonds is 6. The molecule has 0 saturated carbocycles. The molecule has 0 spiro atoms. The van der Waals surface area contributed by atoms with Crippen LogP contribution in [0.5, 0.6) is 0 Å². The number of carbonyl (C=O) groups excluding carboxylic acids is 2. The fraction of sp³-hybridized carbons (Fsp3) is 0.647. The third kappa shape index (κ3) is 4.43. The third-order valence-corrected chi connectivity index (χ3v) is 4.19. The van der Waals surface area contributed by atoms with Crippen molar-refractivity contribution < 1.29 is 9.59 Å². The summed E-state index contributed by atoms with van der Waals surface area (Å²) in [6.45, 7) is 9.93. The van der Waals surface area contributed by atoms with E-state index >= 15 is 0 Å². The van der Waals surface area contributed by atoms with Crippen molar-refractivity contribution in [2.24, 2.45) is 0 Å². The van der Waals surface area contributed by atoms with Crippen LogP contribution in [0.2, 0.25) is 0 Å². The summed E-state index contributed by atoms with van der Waals surface area (Å²) in [5.74, 6) is 0.754. The lowest BCUT2D eigenvalue weighted by Gasteiger charge is -2.34. The Morgan fingerprint density at radius 1 is 1.00 bits per heavy atom. The SMILES string of the molecule is CCCN(CCC)c1ccc(C(=O)N2CCN(C(C)=O)CC2)nn1. The third-order valence-electron chi connectivity index (χ3n) is 4.19. The van der Waals surface area contributed by atoms with Gasteiger partial charge >= 0.3 is 0 Å². The molecule has 7 nitrogen and oxygen atoms in total. The number of amides is 2. The summed E-state index contributed by atoms with van der Waals surface area (Å²) in [7, 11) is 0. The van der Waals surface area contributed by atoms with Crippen LogP contribution in [-0.4, -0.2) is 71.1 Å². The molecule has 0 atom stereocenters. The molecule has 0 bridgehead atoms. The van der Waals surface area contributed by atoms with Crippen LogP contribution in [0.25, 0.3) is 0 Å². The zero-order valence-electron chi connectivity index (χ0n) is 14.9. The largest absolute Gasteiger partial charge is 0.355 e. The van der Waals surface area contributed by atoms with Crippen molar-refractivity contribution in [2.75, 3.05) is 44.2 Å². The van der Waals surface area contributed by atoms with Crippen molar-refractivity contribution in [1.29, 1.82) is 0 Å². The van der Waals surface area contributed by atoms with Crippen LogP contribution in [0.3, 0.4) is 0 Å². The topological polar surface area (TPSA) is 69.6 Å². The van der Waals surface area contributed by atoms with E-state index in [0.29, 0.717) is 31.9 Å². The molecule has 1 aliphatic heterocycles. The summed E-state index contributed by atoms with van der Waals surface area (Å²) < 4.78 is 0. The summed E-state index contributed by atoms with van der Waals surface area (Å²) in [6.07, 6.45) is 2.09. The molecule has 0 N–H and O–H groups in total. The van der Waals surface area contributed by atoms with Gasteiger partial charge in [0.25, 0.3) is 5.91 Å². The quantitative estimate of drug-likeness (QED) is 0.787. The zero-order chi connectivity index (χ0) is 17.5. The maximum absolute atomic E-state index is 12.5. The summed E-state index contributed by atoms with van der Waals surface area (Å²) in [5, 5.41) is 8.37. The lowest BCUT2D eigenvalue weighted by molar-refractivity contribution is -0.130. The summed E-state index contributed by atoms with van der Waals surface area (Å²) in [5.41, 5.74) is 0.364. The van der Waals surface area contributed by atoms with E-state index in [9.17, 15) is 9.59 Å². The van der Waals surface area contributed by atoms with E-state index in [1.54, 1.807) is 22.8 Å². The van der Waals surface area contributed by atoms with Gasteiger partial charge in [0.15, 0.2) is 11.5 Å². The van der Waals surface area contributed by atoms with Gasteiger partial charge in [0.1, 0.15) is 0 Å². The smallest absolute Gasteiger partial charge is 0.274 e. The molecular formula is C17H27N5O2. The first-order valence-electron chi connectivity index (χ1n) is 8.70. The molecule has 1 aromatic heterocycles. The maximum Gasteiger partial charge on any atom is 0.274 e. The van der Waals surface area contributed by atoms with Crippen LogP contribution < -0.4 is 4.90 Å². The highest BCUT2D eigenvalue weighted by Crippen LogP contribution is 2.13. The Hall–Kier alpha value is -2.18. The van der Waals surface area contributed by atoms with Crippen molar-refractivity contribution in [3.8, 4) is 0 Å². The van der Waals surface area contributed by atoms with Gasteiger partial charge in [-0.15, -0.1) is 10.2 Å². The number of anilines is 1. The molecule has 132 valence electrons. The number of hydrogen-bond donors (Lipinski definition) is 0. The van der Waals surface area contributed by atoms with Gasteiger partial charge in [-0.2, -0.15) is 0 Å². The molecule has 2 heterocycles. The second kappa shape index (κ2) is 8.61. The Kier molecular flexibility index (Phi) is 6.52. The van der Waals surface area contributed by atoms with E-state index in [2.05, 4.69) is 28.9 Å². The zero-order valence-corrected chi connectivity index (χ0v) is 14.9. The van der Waals surface area contributed by atoms with Gasteiger partial charge < -0.3 is 14.7 Å². The van der Waals surface area contributed by atoms with Crippen molar-refractivity contribution in [1.82, 2.24) is 20.0 Å². The van der Waals surface area contributed by atoms with Crippen LogP contribution >= 0.6 is 0 Å². The lowest BCUT2D eigenvalue weighted by atomic mass is 10.2. The van der Waals surface area contributed by atoms with E-state index in [0.717, 1.165) is 31.7 Å². The maximum atomic E-state index is 12.5. The molecule has 7 heteroatoms. The number of carbonyl (C=O) groups is 2. The normalized spacial score (nSPS) is 14.6. The number of aromatic nitrogens is 2. The Morgan fingerprint density at radius 2 is 1.58 bits per heavy atom. The highest BCUT2D eigenvalue weighted by atomic mass is 16.2. The van der Waals surface area contributed by atoms with E-state index in [1.165, 1.54) is 0 Å². The van der Waals surface area contributed by atoms with Gasteiger partial charge in [-0.25, -0.2) is 0 Å². The van der Waals surface area contributed by atoms with Crippen LogP contribution in [0.1, 0.15) is 44.1 Å². The fourth-order valence-electron chi connectivity index (χ4n) is 2.88. The average Bonchev–Trinajstić information content (AvgIpc) is 2.61. The molecule has 1 fully saturated rings. The summed E-state index contributed by atoms with van der Waals surface area (Å²) >= 11 is 0. The molecule has 0 aliphatic carbocycles. The Bertz CT molecular complexity index is 547. The van der Waals surface area contributed by atoms with Gasteiger partial charge in [0.2, 0.25) is 5.91 Å². The van der Waals surface area contributed by atoms with Crippen LogP contribution in [0, 0.1) is 0 Å². The van der Waals surface area contributed by atoms with Crippen molar-refractivity contribution >= 4 is 17.6 Å². The predicted molar refractivity (Wildman–Crippen MR) is 93.0 cm³/mol.